The molecule has 9 heteroatoms. The SMILES string of the molecule is COc1ccccc1NS(=O)(=O)c1cc(NC(=O)c2ccccc2Br)ccc1N1CCCC1. The summed E-state index contributed by atoms with van der Waals surface area (Å²) < 4.78 is 35.6. The number of ether oxygens (including phenoxy) is 1. The van der Waals surface area contributed by atoms with E-state index in [1.54, 1.807) is 54.6 Å². The van der Waals surface area contributed by atoms with Crippen LogP contribution in [0.15, 0.2) is 76.1 Å². The number of hydrogen-bond acceptors (Lipinski definition) is 5. The van der Waals surface area contributed by atoms with Crippen LogP contribution in [0, 0.1) is 0 Å². The van der Waals surface area contributed by atoms with Crippen LogP contribution in [0.1, 0.15) is 23.2 Å². The monoisotopic (exact) mass is 529 g/mol. The second kappa shape index (κ2) is 9.84. The molecule has 0 aliphatic carbocycles. The van der Waals surface area contributed by atoms with Crippen LogP contribution in [0.2, 0.25) is 0 Å². The number of nitrogens with zero attached hydrogens (tertiary/aromatic N) is 1. The van der Waals surface area contributed by atoms with Crippen LogP contribution in [-0.2, 0) is 10.0 Å². The van der Waals surface area contributed by atoms with Crippen LogP contribution >= 0.6 is 15.9 Å². The normalized spacial score (nSPS) is 13.6. The number of halogens is 1. The van der Waals surface area contributed by atoms with Crippen molar-refractivity contribution < 1.29 is 17.9 Å². The predicted molar refractivity (Wildman–Crippen MR) is 134 cm³/mol. The topological polar surface area (TPSA) is 87.7 Å². The summed E-state index contributed by atoms with van der Waals surface area (Å²) in [5, 5.41) is 2.81. The standard InChI is InChI=1S/C24H24BrN3O4S/c1-32-22-11-5-4-10-20(22)27-33(30,31)23-16-17(12-13-21(23)28-14-6-7-15-28)26-24(29)18-8-2-3-9-19(18)25/h2-5,8-13,16,27H,6-7,14-15H2,1H3,(H,26,29). The number of benzene rings is 3. The smallest absolute Gasteiger partial charge is 0.264 e. The van der Waals surface area contributed by atoms with Gasteiger partial charge < -0.3 is 15.0 Å². The highest BCUT2D eigenvalue weighted by Crippen LogP contribution is 2.34. The lowest BCUT2D eigenvalue weighted by Gasteiger charge is -2.23. The summed E-state index contributed by atoms with van der Waals surface area (Å²) >= 11 is 3.38. The Kier molecular flexibility index (Phi) is 6.90. The molecule has 4 rings (SSSR count). The molecule has 33 heavy (non-hydrogen) atoms. The van der Waals surface area contributed by atoms with Gasteiger partial charge in [0.15, 0.2) is 0 Å². The Labute approximate surface area is 201 Å². The Balaban J connectivity index is 1.71. The molecule has 0 saturated carbocycles. The number of hydrogen-bond donors (Lipinski definition) is 2. The Bertz CT molecular complexity index is 1270. The first kappa shape index (κ1) is 23.1. The van der Waals surface area contributed by atoms with Crippen molar-refractivity contribution in [1.29, 1.82) is 0 Å². The molecule has 172 valence electrons. The Morgan fingerprint density at radius 2 is 1.70 bits per heavy atom. The van der Waals surface area contributed by atoms with E-state index in [1.165, 1.54) is 13.2 Å². The molecule has 3 aromatic rings. The molecule has 0 spiro atoms. The van der Waals surface area contributed by atoms with Gasteiger partial charge in [-0.05, 0) is 71.2 Å². The predicted octanol–water partition coefficient (Wildman–Crippen LogP) is 5.11. The summed E-state index contributed by atoms with van der Waals surface area (Å²) in [6, 6.07) is 18.9. The van der Waals surface area contributed by atoms with Crippen molar-refractivity contribution in [2.75, 3.05) is 35.1 Å². The summed E-state index contributed by atoms with van der Waals surface area (Å²) in [4.78, 5) is 14.9. The first-order valence-corrected chi connectivity index (χ1v) is 12.8. The Morgan fingerprint density at radius 1 is 1.00 bits per heavy atom. The van der Waals surface area contributed by atoms with E-state index in [0.717, 1.165) is 25.9 Å². The van der Waals surface area contributed by atoms with Crippen LogP contribution in [0.4, 0.5) is 17.1 Å². The van der Waals surface area contributed by atoms with Crippen molar-refractivity contribution in [3.63, 3.8) is 0 Å². The number of anilines is 3. The molecule has 0 radical (unpaired) electrons. The summed E-state index contributed by atoms with van der Waals surface area (Å²) in [6.07, 6.45) is 2.00. The van der Waals surface area contributed by atoms with Gasteiger partial charge in [-0.15, -0.1) is 0 Å². The van der Waals surface area contributed by atoms with Gasteiger partial charge in [-0.2, -0.15) is 0 Å². The number of carbonyl (C=O) groups is 1. The molecule has 1 heterocycles. The lowest BCUT2D eigenvalue weighted by molar-refractivity contribution is 0.102. The van der Waals surface area contributed by atoms with Crippen LogP contribution in [0.25, 0.3) is 0 Å². The molecule has 1 aliphatic rings. The van der Waals surface area contributed by atoms with Gasteiger partial charge in [0, 0.05) is 23.2 Å². The minimum Gasteiger partial charge on any atom is -0.495 e. The van der Waals surface area contributed by atoms with Gasteiger partial charge in [0.2, 0.25) is 0 Å². The van der Waals surface area contributed by atoms with Crippen molar-refractivity contribution in [3.05, 3.63) is 76.8 Å². The maximum Gasteiger partial charge on any atom is 0.264 e. The van der Waals surface area contributed by atoms with Gasteiger partial charge in [-0.25, -0.2) is 8.42 Å². The number of carbonyl (C=O) groups excluding carboxylic acids is 1. The number of sulfonamides is 1. The molecular formula is C24H24BrN3O4S. The molecule has 1 fully saturated rings. The van der Waals surface area contributed by atoms with Gasteiger partial charge in [0.05, 0.1) is 24.0 Å². The zero-order valence-corrected chi connectivity index (χ0v) is 20.4. The molecule has 2 N–H and O–H groups in total. The van der Waals surface area contributed by atoms with E-state index in [0.29, 0.717) is 32.8 Å². The van der Waals surface area contributed by atoms with Crippen LogP contribution in [0.5, 0.6) is 5.75 Å². The number of nitrogens with one attached hydrogen (secondary N) is 2. The maximum absolute atomic E-state index is 13.5. The van der Waals surface area contributed by atoms with E-state index in [1.807, 2.05) is 6.07 Å². The highest BCUT2D eigenvalue weighted by atomic mass is 79.9. The molecule has 0 aromatic heterocycles. The third kappa shape index (κ3) is 5.15. The first-order valence-electron chi connectivity index (χ1n) is 10.5. The number of para-hydroxylation sites is 2. The minimum atomic E-state index is -3.98. The maximum atomic E-state index is 13.5. The Hall–Kier alpha value is -3.04. The zero-order chi connectivity index (χ0) is 23.4. The first-order chi connectivity index (χ1) is 15.9. The Morgan fingerprint density at radius 3 is 2.42 bits per heavy atom. The lowest BCUT2D eigenvalue weighted by atomic mass is 10.2. The third-order valence-corrected chi connectivity index (χ3v) is 7.51. The van der Waals surface area contributed by atoms with Crippen LogP contribution in [-0.4, -0.2) is 34.5 Å². The highest BCUT2D eigenvalue weighted by molar-refractivity contribution is 9.10. The molecule has 7 nitrogen and oxygen atoms in total. The fourth-order valence-electron chi connectivity index (χ4n) is 3.80. The van der Waals surface area contributed by atoms with Crippen LogP contribution < -0.4 is 19.7 Å². The molecule has 1 amide bonds. The highest BCUT2D eigenvalue weighted by Gasteiger charge is 2.26. The van der Waals surface area contributed by atoms with E-state index in [9.17, 15) is 13.2 Å². The average Bonchev–Trinajstić information content (AvgIpc) is 3.34. The minimum absolute atomic E-state index is 0.0974. The van der Waals surface area contributed by atoms with Crippen molar-refractivity contribution in [2.24, 2.45) is 0 Å². The molecular weight excluding hydrogens is 506 g/mol. The molecule has 1 saturated heterocycles. The van der Waals surface area contributed by atoms with E-state index in [-0.39, 0.29) is 10.8 Å². The number of amides is 1. The van der Waals surface area contributed by atoms with Crippen molar-refractivity contribution in [2.45, 2.75) is 17.7 Å². The second-order valence-corrected chi connectivity index (χ2v) is 10.1. The van der Waals surface area contributed by atoms with E-state index >= 15 is 0 Å². The molecule has 0 atom stereocenters. The largest absolute Gasteiger partial charge is 0.495 e. The fourth-order valence-corrected chi connectivity index (χ4v) is 5.59. The van der Waals surface area contributed by atoms with E-state index < -0.39 is 10.0 Å². The van der Waals surface area contributed by atoms with Crippen LogP contribution in [0.3, 0.4) is 0 Å². The average molecular weight is 530 g/mol. The molecule has 3 aromatic carbocycles. The van der Waals surface area contributed by atoms with E-state index in [4.69, 9.17) is 4.74 Å². The summed E-state index contributed by atoms with van der Waals surface area (Å²) in [5.74, 6) is 0.0830. The molecule has 0 unspecified atom stereocenters. The van der Waals surface area contributed by atoms with Gasteiger partial charge in [-0.1, -0.05) is 24.3 Å². The van der Waals surface area contributed by atoms with Crippen molar-refractivity contribution in [3.8, 4) is 5.75 Å². The van der Waals surface area contributed by atoms with Gasteiger partial charge in [-0.3, -0.25) is 9.52 Å². The summed E-state index contributed by atoms with van der Waals surface area (Å²) in [6.45, 7) is 1.56. The third-order valence-electron chi connectivity index (χ3n) is 5.42. The molecule has 0 bridgehead atoms. The van der Waals surface area contributed by atoms with Crippen molar-refractivity contribution in [1.82, 2.24) is 0 Å². The summed E-state index contributed by atoms with van der Waals surface area (Å²) in [7, 11) is -2.49. The summed E-state index contributed by atoms with van der Waals surface area (Å²) in [5.41, 5.74) is 1.79. The van der Waals surface area contributed by atoms with Gasteiger partial charge in [0.1, 0.15) is 10.6 Å². The zero-order valence-electron chi connectivity index (χ0n) is 18.0. The van der Waals surface area contributed by atoms with Crippen molar-refractivity contribution >= 4 is 48.9 Å². The van der Waals surface area contributed by atoms with E-state index in [2.05, 4.69) is 30.9 Å². The number of rotatable bonds is 7. The van der Waals surface area contributed by atoms with Gasteiger partial charge >= 0.3 is 0 Å². The quantitative estimate of drug-likeness (QED) is 0.443. The molecule has 1 aliphatic heterocycles. The lowest BCUT2D eigenvalue weighted by Crippen LogP contribution is -2.23. The second-order valence-electron chi connectivity index (χ2n) is 7.62. The fraction of sp³-hybridized carbons (Fsp3) is 0.208. The number of methoxy groups -OCH3 is 1. The van der Waals surface area contributed by atoms with Gasteiger partial charge in [0.25, 0.3) is 15.9 Å².